The van der Waals surface area contributed by atoms with Crippen LogP contribution in [0.2, 0.25) is 0 Å². The summed E-state index contributed by atoms with van der Waals surface area (Å²) in [5.41, 5.74) is 1.04. The third-order valence-corrected chi connectivity index (χ3v) is 7.41. The van der Waals surface area contributed by atoms with Crippen LogP contribution in [0.1, 0.15) is 44.6 Å². The molecule has 0 radical (unpaired) electrons. The number of hydrogen-bond donors (Lipinski definition) is 1. The predicted octanol–water partition coefficient (Wildman–Crippen LogP) is 4.49. The average Bonchev–Trinajstić information content (AvgIpc) is 2.76. The highest BCUT2D eigenvalue weighted by Crippen LogP contribution is 2.29. The standard InChI is InChI=1S/C23H29FN2O4S/c1-3-30-20-11-13-21(14-12-20)31(28,29)26(19-7-5-4-6-8-19)16-23(27)25-22-15-18(24)10-9-17(22)2/h9-15,19H,3-8,16H2,1-2H3,(H,25,27). The van der Waals surface area contributed by atoms with E-state index in [0.717, 1.165) is 19.3 Å². The molecule has 31 heavy (non-hydrogen) atoms. The van der Waals surface area contributed by atoms with Crippen molar-refractivity contribution in [2.75, 3.05) is 18.5 Å². The third kappa shape index (κ3) is 5.83. The number of ether oxygens (including phenoxy) is 1. The lowest BCUT2D eigenvalue weighted by Crippen LogP contribution is -2.45. The first kappa shape index (κ1) is 23.2. The zero-order chi connectivity index (χ0) is 22.4. The molecule has 2 aromatic rings. The van der Waals surface area contributed by atoms with Gasteiger partial charge >= 0.3 is 0 Å². The quantitative estimate of drug-likeness (QED) is 0.645. The van der Waals surface area contributed by atoms with Crippen LogP contribution in [0.5, 0.6) is 5.75 Å². The average molecular weight is 449 g/mol. The van der Waals surface area contributed by atoms with E-state index in [4.69, 9.17) is 4.74 Å². The Morgan fingerprint density at radius 1 is 1.13 bits per heavy atom. The second kappa shape index (κ2) is 10.2. The minimum Gasteiger partial charge on any atom is -0.494 e. The van der Waals surface area contributed by atoms with Gasteiger partial charge < -0.3 is 10.1 Å². The molecule has 2 aromatic carbocycles. The molecule has 1 N–H and O–H groups in total. The Labute approximate surface area is 183 Å². The smallest absolute Gasteiger partial charge is 0.243 e. The Kier molecular flexibility index (Phi) is 7.67. The second-order valence-corrected chi connectivity index (χ2v) is 9.64. The molecule has 0 atom stereocenters. The van der Waals surface area contributed by atoms with Gasteiger partial charge in [-0.2, -0.15) is 4.31 Å². The Balaban J connectivity index is 1.85. The number of nitrogens with zero attached hydrogens (tertiary/aromatic N) is 1. The van der Waals surface area contributed by atoms with E-state index in [1.807, 2.05) is 6.92 Å². The molecule has 0 aliphatic heterocycles. The van der Waals surface area contributed by atoms with Crippen LogP contribution in [0.15, 0.2) is 47.4 Å². The summed E-state index contributed by atoms with van der Waals surface area (Å²) in [4.78, 5) is 12.9. The zero-order valence-electron chi connectivity index (χ0n) is 17.9. The van der Waals surface area contributed by atoms with Gasteiger partial charge in [-0.05, 0) is 68.7 Å². The van der Waals surface area contributed by atoms with Crippen molar-refractivity contribution in [2.45, 2.75) is 56.9 Å². The van der Waals surface area contributed by atoms with Gasteiger partial charge in [0.2, 0.25) is 15.9 Å². The number of hydrogen-bond acceptors (Lipinski definition) is 4. The molecule has 0 aromatic heterocycles. The molecule has 3 rings (SSSR count). The van der Waals surface area contributed by atoms with Gasteiger partial charge in [0.1, 0.15) is 11.6 Å². The van der Waals surface area contributed by atoms with Gasteiger partial charge in [0.15, 0.2) is 0 Å². The van der Waals surface area contributed by atoms with Crippen molar-refractivity contribution < 1.29 is 22.3 Å². The Hall–Kier alpha value is -2.45. The number of sulfonamides is 1. The van der Waals surface area contributed by atoms with Crippen molar-refractivity contribution in [3.8, 4) is 5.75 Å². The summed E-state index contributed by atoms with van der Waals surface area (Å²) < 4.78 is 47.2. The molecule has 1 saturated carbocycles. The molecule has 8 heteroatoms. The minimum absolute atomic E-state index is 0.122. The van der Waals surface area contributed by atoms with Crippen LogP contribution in [0, 0.1) is 12.7 Å². The van der Waals surface area contributed by atoms with E-state index >= 15 is 0 Å². The highest BCUT2D eigenvalue weighted by Gasteiger charge is 2.34. The molecular formula is C23H29FN2O4S. The summed E-state index contributed by atoms with van der Waals surface area (Å²) in [6, 6.07) is 10.1. The molecule has 0 heterocycles. The monoisotopic (exact) mass is 448 g/mol. The molecule has 0 saturated heterocycles. The first-order valence-electron chi connectivity index (χ1n) is 10.6. The number of halogens is 1. The first-order chi connectivity index (χ1) is 14.8. The Bertz CT molecular complexity index is 1000. The van der Waals surface area contributed by atoms with Gasteiger partial charge in [0.25, 0.3) is 0 Å². The fourth-order valence-electron chi connectivity index (χ4n) is 3.85. The molecule has 6 nitrogen and oxygen atoms in total. The number of benzene rings is 2. The number of anilines is 1. The van der Waals surface area contributed by atoms with Crippen LogP contribution in [0.4, 0.5) is 10.1 Å². The van der Waals surface area contributed by atoms with Crippen molar-refractivity contribution >= 4 is 21.6 Å². The fraction of sp³-hybridized carbons (Fsp3) is 0.435. The topological polar surface area (TPSA) is 75.7 Å². The zero-order valence-corrected chi connectivity index (χ0v) is 18.8. The first-order valence-corrected chi connectivity index (χ1v) is 12.1. The van der Waals surface area contributed by atoms with Crippen LogP contribution in [0.25, 0.3) is 0 Å². The molecular weight excluding hydrogens is 419 g/mol. The van der Waals surface area contributed by atoms with Crippen molar-refractivity contribution in [1.29, 1.82) is 0 Å². The van der Waals surface area contributed by atoms with Crippen LogP contribution in [-0.2, 0) is 14.8 Å². The summed E-state index contributed by atoms with van der Waals surface area (Å²) in [6.07, 6.45) is 4.32. The summed E-state index contributed by atoms with van der Waals surface area (Å²) in [5, 5.41) is 2.66. The van der Waals surface area contributed by atoms with Gasteiger partial charge in [0.05, 0.1) is 18.0 Å². The molecule has 168 valence electrons. The Morgan fingerprint density at radius 3 is 2.45 bits per heavy atom. The number of carbonyl (C=O) groups is 1. The SMILES string of the molecule is CCOc1ccc(S(=O)(=O)N(CC(=O)Nc2cc(F)ccc2C)C2CCCCC2)cc1. The molecule has 1 aliphatic rings. The van der Waals surface area contributed by atoms with E-state index in [0.29, 0.717) is 36.4 Å². The maximum Gasteiger partial charge on any atom is 0.243 e. The van der Waals surface area contributed by atoms with Crippen molar-refractivity contribution in [1.82, 2.24) is 4.31 Å². The molecule has 0 spiro atoms. The van der Waals surface area contributed by atoms with Crippen molar-refractivity contribution in [3.63, 3.8) is 0 Å². The predicted molar refractivity (Wildman–Crippen MR) is 118 cm³/mol. The number of nitrogens with one attached hydrogen (secondary N) is 1. The molecule has 0 unspecified atom stereocenters. The van der Waals surface area contributed by atoms with Gasteiger partial charge in [-0.25, -0.2) is 12.8 Å². The van der Waals surface area contributed by atoms with E-state index in [9.17, 15) is 17.6 Å². The molecule has 1 fully saturated rings. The van der Waals surface area contributed by atoms with Gasteiger partial charge in [-0.15, -0.1) is 0 Å². The maximum absolute atomic E-state index is 13.6. The van der Waals surface area contributed by atoms with Crippen molar-refractivity contribution in [2.24, 2.45) is 0 Å². The summed E-state index contributed by atoms with van der Waals surface area (Å²) in [5.74, 6) is -0.370. The number of amides is 1. The highest BCUT2D eigenvalue weighted by atomic mass is 32.2. The van der Waals surface area contributed by atoms with E-state index in [1.165, 1.54) is 28.6 Å². The fourth-order valence-corrected chi connectivity index (χ4v) is 5.49. The van der Waals surface area contributed by atoms with E-state index < -0.39 is 21.7 Å². The largest absolute Gasteiger partial charge is 0.494 e. The molecule has 1 amide bonds. The summed E-state index contributed by atoms with van der Waals surface area (Å²) >= 11 is 0. The lowest BCUT2D eigenvalue weighted by molar-refractivity contribution is -0.116. The van der Waals surface area contributed by atoms with Crippen LogP contribution >= 0.6 is 0 Å². The normalized spacial score (nSPS) is 15.1. The number of carbonyl (C=O) groups excluding carboxylic acids is 1. The van der Waals surface area contributed by atoms with Gasteiger partial charge in [-0.1, -0.05) is 25.3 Å². The van der Waals surface area contributed by atoms with E-state index in [2.05, 4.69) is 5.32 Å². The van der Waals surface area contributed by atoms with Crippen LogP contribution in [-0.4, -0.2) is 37.8 Å². The second-order valence-electron chi connectivity index (χ2n) is 7.75. The van der Waals surface area contributed by atoms with E-state index in [1.54, 1.807) is 25.1 Å². The minimum atomic E-state index is -3.90. The summed E-state index contributed by atoms with van der Waals surface area (Å²) in [7, 11) is -3.90. The molecule has 1 aliphatic carbocycles. The maximum atomic E-state index is 13.6. The lowest BCUT2D eigenvalue weighted by Gasteiger charge is -2.33. The molecule has 0 bridgehead atoms. The number of aryl methyl sites for hydroxylation is 1. The van der Waals surface area contributed by atoms with Gasteiger partial charge in [-0.3, -0.25) is 4.79 Å². The lowest BCUT2D eigenvalue weighted by atomic mass is 9.95. The third-order valence-electron chi connectivity index (χ3n) is 5.50. The van der Waals surface area contributed by atoms with E-state index in [-0.39, 0.29) is 17.5 Å². The number of rotatable bonds is 8. The Morgan fingerprint density at radius 2 is 1.81 bits per heavy atom. The van der Waals surface area contributed by atoms with Crippen LogP contribution in [0.3, 0.4) is 0 Å². The van der Waals surface area contributed by atoms with Crippen molar-refractivity contribution in [3.05, 3.63) is 53.8 Å². The van der Waals surface area contributed by atoms with Crippen LogP contribution < -0.4 is 10.1 Å². The van der Waals surface area contributed by atoms with Gasteiger partial charge in [0, 0.05) is 11.7 Å². The highest BCUT2D eigenvalue weighted by molar-refractivity contribution is 7.89. The summed E-state index contributed by atoms with van der Waals surface area (Å²) in [6.45, 7) is 3.77.